The molecule has 16 heavy (non-hydrogen) atoms. The molecule has 1 atom stereocenters. The minimum atomic E-state index is -0.112. The van der Waals surface area contributed by atoms with Gasteiger partial charge in [-0.15, -0.1) is 16.7 Å². The summed E-state index contributed by atoms with van der Waals surface area (Å²) < 4.78 is 1.77. The minimum Gasteiger partial charge on any atom is -0.220 e. The zero-order chi connectivity index (χ0) is 11.7. The van der Waals surface area contributed by atoms with Gasteiger partial charge in [-0.2, -0.15) is 0 Å². The number of aryl methyl sites for hydroxylation is 2. The molecule has 0 saturated carbocycles. The summed E-state index contributed by atoms with van der Waals surface area (Å²) in [6.07, 6.45) is 1.87. The fraction of sp³-hybridized carbons (Fsp3) is 0.333. The number of hydrogen-bond acceptors (Lipinski definition) is 2. The van der Waals surface area contributed by atoms with Crippen LogP contribution in [-0.4, -0.2) is 15.0 Å². The molecule has 0 fully saturated rings. The van der Waals surface area contributed by atoms with Crippen molar-refractivity contribution in [2.24, 2.45) is 0 Å². The number of halogens is 1. The largest absolute Gasteiger partial charge is 0.220 e. The van der Waals surface area contributed by atoms with E-state index in [0.717, 1.165) is 11.4 Å². The Morgan fingerprint density at radius 2 is 2.06 bits per heavy atom. The summed E-state index contributed by atoms with van der Waals surface area (Å²) in [5, 5.41) is 8.02. The van der Waals surface area contributed by atoms with Crippen molar-refractivity contribution in [3.8, 4) is 5.69 Å². The normalized spacial score (nSPS) is 12.8. The first-order valence-corrected chi connectivity index (χ1v) is 5.65. The third-order valence-corrected chi connectivity index (χ3v) is 2.75. The fourth-order valence-corrected chi connectivity index (χ4v) is 1.64. The third-order valence-electron chi connectivity index (χ3n) is 2.53. The average Bonchev–Trinajstić information content (AvgIpc) is 2.70. The molecule has 0 amide bonds. The Labute approximate surface area is 100 Å². The Bertz CT molecular complexity index is 503. The summed E-state index contributed by atoms with van der Waals surface area (Å²) in [6, 6.07) is 6.25. The lowest BCUT2D eigenvalue weighted by Crippen LogP contribution is -1.98. The lowest BCUT2D eigenvalue weighted by Gasteiger charge is -2.05. The summed E-state index contributed by atoms with van der Waals surface area (Å²) in [4.78, 5) is 0. The van der Waals surface area contributed by atoms with Crippen LogP contribution in [0.2, 0.25) is 0 Å². The maximum absolute atomic E-state index is 5.96. The van der Waals surface area contributed by atoms with Gasteiger partial charge in [0.25, 0.3) is 0 Å². The first-order valence-electron chi connectivity index (χ1n) is 5.22. The number of aromatic nitrogens is 3. The van der Waals surface area contributed by atoms with Gasteiger partial charge in [0.15, 0.2) is 0 Å². The topological polar surface area (TPSA) is 30.7 Å². The van der Waals surface area contributed by atoms with Crippen molar-refractivity contribution < 1.29 is 0 Å². The predicted molar refractivity (Wildman–Crippen MR) is 65.1 cm³/mol. The average molecular weight is 236 g/mol. The van der Waals surface area contributed by atoms with Crippen molar-refractivity contribution in [3.05, 3.63) is 41.2 Å². The van der Waals surface area contributed by atoms with Crippen molar-refractivity contribution in [2.45, 2.75) is 26.1 Å². The van der Waals surface area contributed by atoms with E-state index in [1.807, 2.05) is 13.1 Å². The van der Waals surface area contributed by atoms with Crippen molar-refractivity contribution in [2.75, 3.05) is 0 Å². The van der Waals surface area contributed by atoms with Crippen LogP contribution < -0.4 is 0 Å². The molecule has 0 radical (unpaired) electrons. The van der Waals surface area contributed by atoms with E-state index < -0.39 is 0 Å². The van der Waals surface area contributed by atoms with E-state index in [1.165, 1.54) is 11.1 Å². The van der Waals surface area contributed by atoms with E-state index in [-0.39, 0.29) is 5.38 Å². The van der Waals surface area contributed by atoms with Crippen molar-refractivity contribution in [3.63, 3.8) is 0 Å². The summed E-state index contributed by atoms with van der Waals surface area (Å²) in [7, 11) is 0. The molecule has 4 heteroatoms. The SMILES string of the molecule is Cc1ccc(C)c(-n2cc(C(C)Cl)nn2)c1. The summed E-state index contributed by atoms with van der Waals surface area (Å²) in [5.41, 5.74) is 4.22. The highest BCUT2D eigenvalue weighted by molar-refractivity contribution is 6.20. The van der Waals surface area contributed by atoms with Gasteiger partial charge in [-0.05, 0) is 38.0 Å². The molecule has 1 aromatic carbocycles. The van der Waals surface area contributed by atoms with Crippen LogP contribution in [0.5, 0.6) is 0 Å². The van der Waals surface area contributed by atoms with Gasteiger partial charge >= 0.3 is 0 Å². The maximum Gasteiger partial charge on any atom is 0.101 e. The number of rotatable bonds is 2. The standard InChI is InChI=1S/C12H14ClN3/c1-8-4-5-9(2)12(6-8)16-7-11(10(3)13)14-15-16/h4-7,10H,1-3H3. The van der Waals surface area contributed by atoms with Gasteiger partial charge < -0.3 is 0 Å². The fourth-order valence-electron chi connectivity index (χ4n) is 1.54. The van der Waals surface area contributed by atoms with Crippen molar-refractivity contribution in [1.29, 1.82) is 0 Å². The Hall–Kier alpha value is -1.35. The molecular formula is C12H14ClN3. The molecule has 1 unspecified atom stereocenters. The van der Waals surface area contributed by atoms with Crippen LogP contribution in [0.15, 0.2) is 24.4 Å². The summed E-state index contributed by atoms with van der Waals surface area (Å²) >= 11 is 5.96. The zero-order valence-electron chi connectivity index (χ0n) is 9.61. The molecule has 0 aliphatic rings. The monoisotopic (exact) mass is 235 g/mol. The second kappa shape index (κ2) is 4.26. The Morgan fingerprint density at radius 1 is 1.31 bits per heavy atom. The molecule has 0 saturated heterocycles. The molecule has 2 rings (SSSR count). The van der Waals surface area contributed by atoms with E-state index in [4.69, 9.17) is 11.6 Å². The van der Waals surface area contributed by atoms with Crippen molar-refractivity contribution >= 4 is 11.6 Å². The van der Waals surface area contributed by atoms with Gasteiger partial charge in [0.05, 0.1) is 17.3 Å². The van der Waals surface area contributed by atoms with Crippen LogP contribution in [-0.2, 0) is 0 Å². The molecule has 84 valence electrons. The van der Waals surface area contributed by atoms with Crippen molar-refractivity contribution in [1.82, 2.24) is 15.0 Å². The minimum absolute atomic E-state index is 0.112. The zero-order valence-corrected chi connectivity index (χ0v) is 10.4. The van der Waals surface area contributed by atoms with Gasteiger partial charge in [-0.25, -0.2) is 4.68 Å². The molecule has 2 aromatic rings. The predicted octanol–water partition coefficient (Wildman–Crippen LogP) is 3.18. The quantitative estimate of drug-likeness (QED) is 0.749. The first-order chi connectivity index (χ1) is 7.58. The van der Waals surface area contributed by atoms with Gasteiger partial charge in [0, 0.05) is 0 Å². The van der Waals surface area contributed by atoms with Gasteiger partial charge in [0.1, 0.15) is 5.69 Å². The lowest BCUT2D eigenvalue weighted by molar-refractivity contribution is 0.791. The van der Waals surface area contributed by atoms with E-state index in [1.54, 1.807) is 4.68 Å². The Morgan fingerprint density at radius 3 is 2.69 bits per heavy atom. The summed E-state index contributed by atoms with van der Waals surface area (Å²) in [6.45, 7) is 6.00. The number of nitrogens with zero attached hydrogens (tertiary/aromatic N) is 3. The molecule has 1 heterocycles. The molecular weight excluding hydrogens is 222 g/mol. The Balaban J connectivity index is 2.46. The Kier molecular flexibility index (Phi) is 2.97. The molecule has 0 N–H and O–H groups in total. The van der Waals surface area contributed by atoms with E-state index in [2.05, 4.69) is 42.4 Å². The van der Waals surface area contributed by atoms with Crippen LogP contribution in [0, 0.1) is 13.8 Å². The van der Waals surface area contributed by atoms with Crippen LogP contribution in [0.3, 0.4) is 0 Å². The van der Waals surface area contributed by atoms with Crippen LogP contribution in [0.1, 0.15) is 29.1 Å². The van der Waals surface area contributed by atoms with Crippen LogP contribution in [0.4, 0.5) is 0 Å². The smallest absolute Gasteiger partial charge is 0.101 e. The summed E-state index contributed by atoms with van der Waals surface area (Å²) in [5.74, 6) is 0. The van der Waals surface area contributed by atoms with Gasteiger partial charge in [-0.1, -0.05) is 17.3 Å². The number of hydrogen-bond donors (Lipinski definition) is 0. The highest BCUT2D eigenvalue weighted by Gasteiger charge is 2.09. The maximum atomic E-state index is 5.96. The second-order valence-corrected chi connectivity index (χ2v) is 4.65. The van der Waals surface area contributed by atoms with E-state index >= 15 is 0 Å². The van der Waals surface area contributed by atoms with Crippen LogP contribution >= 0.6 is 11.6 Å². The molecule has 3 nitrogen and oxygen atoms in total. The number of alkyl halides is 1. The van der Waals surface area contributed by atoms with Gasteiger partial charge in [0.2, 0.25) is 0 Å². The molecule has 0 aliphatic carbocycles. The van der Waals surface area contributed by atoms with E-state index in [0.29, 0.717) is 0 Å². The van der Waals surface area contributed by atoms with E-state index in [9.17, 15) is 0 Å². The molecule has 0 spiro atoms. The lowest BCUT2D eigenvalue weighted by atomic mass is 10.1. The molecule has 1 aromatic heterocycles. The van der Waals surface area contributed by atoms with Crippen LogP contribution in [0.25, 0.3) is 5.69 Å². The molecule has 0 aliphatic heterocycles. The van der Waals surface area contributed by atoms with Gasteiger partial charge in [-0.3, -0.25) is 0 Å². The second-order valence-electron chi connectivity index (χ2n) is 3.99. The highest BCUT2D eigenvalue weighted by atomic mass is 35.5. The molecule has 0 bridgehead atoms. The first kappa shape index (κ1) is 11.1. The highest BCUT2D eigenvalue weighted by Crippen LogP contribution is 2.19. The number of benzene rings is 1. The third kappa shape index (κ3) is 2.09.